The Morgan fingerprint density at radius 2 is 1.50 bits per heavy atom. The summed E-state index contributed by atoms with van der Waals surface area (Å²) in [4.78, 5) is 3.06. The van der Waals surface area contributed by atoms with Gasteiger partial charge in [-0.2, -0.15) is 0 Å². The second-order valence-corrected chi connectivity index (χ2v) is 8.02. The number of sulfone groups is 1. The molecule has 0 spiro atoms. The third-order valence-corrected chi connectivity index (χ3v) is 6.25. The van der Waals surface area contributed by atoms with Gasteiger partial charge in [0.25, 0.3) is 0 Å². The Morgan fingerprint density at radius 1 is 0.857 bits per heavy atom. The van der Waals surface area contributed by atoms with Crippen molar-refractivity contribution in [3.8, 4) is 0 Å². The zero-order valence-electron chi connectivity index (χ0n) is 14.3. The molecular weight excluding hydrogens is 401 g/mol. The summed E-state index contributed by atoms with van der Waals surface area (Å²) in [7, 11) is -4.72. The molecule has 1 aromatic heterocycles. The van der Waals surface area contributed by atoms with E-state index in [0.29, 0.717) is 29.8 Å². The molecule has 0 aliphatic carbocycles. The molecule has 2 aromatic carbocycles. The van der Waals surface area contributed by atoms with Gasteiger partial charge in [-0.05, 0) is 54.4 Å². The Morgan fingerprint density at radius 3 is 2.14 bits per heavy atom. The predicted octanol–water partition coefficient (Wildman–Crippen LogP) is 4.65. The number of rotatable bonds is 4. The van der Waals surface area contributed by atoms with E-state index >= 15 is 0 Å². The number of pyridine rings is 1. The molecule has 1 heterocycles. The zero-order valence-corrected chi connectivity index (χ0v) is 15.1. The molecule has 0 amide bonds. The van der Waals surface area contributed by atoms with Crippen LogP contribution in [0.15, 0.2) is 53.7 Å². The van der Waals surface area contributed by atoms with Crippen LogP contribution in [0.3, 0.4) is 0 Å². The zero-order chi connectivity index (χ0) is 20.6. The van der Waals surface area contributed by atoms with Crippen molar-refractivity contribution < 1.29 is 30.4 Å². The maximum absolute atomic E-state index is 14.5. The SMILES string of the molecule is Cc1ccncc1C(c1c(F)ccc(F)c1F)S(=O)(=O)c1ccc(F)c(F)c1. The van der Waals surface area contributed by atoms with E-state index in [-0.39, 0.29) is 5.56 Å². The van der Waals surface area contributed by atoms with Gasteiger partial charge in [0.1, 0.15) is 11.1 Å². The van der Waals surface area contributed by atoms with Crippen LogP contribution in [-0.2, 0) is 9.84 Å². The number of aryl methyl sites for hydroxylation is 1. The molecule has 0 N–H and O–H groups in total. The minimum atomic E-state index is -4.72. The fraction of sp³-hybridized carbons (Fsp3) is 0.105. The van der Waals surface area contributed by atoms with Gasteiger partial charge in [-0.25, -0.2) is 30.4 Å². The standard InChI is InChI=1S/C19H12F5NO2S/c1-10-6-7-25-9-12(10)19(17-14(21)4-5-15(22)18(17)24)28(26,27)11-2-3-13(20)16(23)8-11/h2-9,19H,1H3. The normalized spacial score (nSPS) is 12.8. The van der Waals surface area contributed by atoms with Crippen molar-refractivity contribution in [3.63, 3.8) is 0 Å². The Hall–Kier alpha value is -2.81. The van der Waals surface area contributed by atoms with Crippen LogP contribution in [0.4, 0.5) is 22.0 Å². The van der Waals surface area contributed by atoms with E-state index in [1.807, 2.05) is 0 Å². The number of aromatic nitrogens is 1. The lowest BCUT2D eigenvalue weighted by molar-refractivity contribution is 0.478. The number of benzene rings is 2. The molecule has 146 valence electrons. The molecule has 0 fully saturated rings. The molecule has 0 saturated carbocycles. The number of hydrogen-bond acceptors (Lipinski definition) is 3. The Kier molecular flexibility index (Phi) is 5.20. The van der Waals surface area contributed by atoms with Gasteiger partial charge in [0.2, 0.25) is 0 Å². The van der Waals surface area contributed by atoms with Crippen molar-refractivity contribution in [2.75, 3.05) is 0 Å². The third-order valence-electron chi connectivity index (χ3n) is 4.23. The molecule has 28 heavy (non-hydrogen) atoms. The highest BCUT2D eigenvalue weighted by Crippen LogP contribution is 2.39. The summed E-state index contributed by atoms with van der Waals surface area (Å²) in [5, 5.41) is -2.07. The van der Waals surface area contributed by atoms with Crippen molar-refractivity contribution >= 4 is 9.84 Å². The molecule has 0 radical (unpaired) electrons. The molecular formula is C19H12F5NO2S. The van der Waals surface area contributed by atoms with Crippen LogP contribution < -0.4 is 0 Å². The van der Waals surface area contributed by atoms with Crippen molar-refractivity contribution in [2.45, 2.75) is 17.1 Å². The van der Waals surface area contributed by atoms with Crippen LogP contribution in [0, 0.1) is 36.0 Å². The summed E-state index contributed by atoms with van der Waals surface area (Å²) in [6, 6.07) is 4.25. The highest BCUT2D eigenvalue weighted by molar-refractivity contribution is 7.92. The van der Waals surface area contributed by atoms with Gasteiger partial charge in [-0.3, -0.25) is 4.98 Å². The minimum absolute atomic E-state index is 0.129. The summed E-state index contributed by atoms with van der Waals surface area (Å²) in [6.45, 7) is 1.47. The van der Waals surface area contributed by atoms with Gasteiger partial charge in [0, 0.05) is 18.0 Å². The average molecular weight is 413 g/mol. The number of hydrogen-bond donors (Lipinski definition) is 0. The lowest BCUT2D eigenvalue weighted by Gasteiger charge is -2.21. The Bertz CT molecular complexity index is 1160. The maximum Gasteiger partial charge on any atom is 0.189 e. The molecule has 1 atom stereocenters. The molecule has 0 aliphatic heterocycles. The maximum atomic E-state index is 14.5. The van der Waals surface area contributed by atoms with Gasteiger partial charge in [-0.1, -0.05) is 0 Å². The monoisotopic (exact) mass is 413 g/mol. The van der Waals surface area contributed by atoms with E-state index in [1.165, 1.54) is 19.2 Å². The average Bonchev–Trinajstić information content (AvgIpc) is 2.65. The van der Waals surface area contributed by atoms with E-state index in [4.69, 9.17) is 0 Å². The van der Waals surface area contributed by atoms with E-state index in [1.54, 1.807) is 0 Å². The molecule has 0 saturated heterocycles. The third kappa shape index (κ3) is 3.37. The van der Waals surface area contributed by atoms with Crippen LogP contribution in [0.1, 0.15) is 21.9 Å². The van der Waals surface area contributed by atoms with Crippen molar-refractivity contribution in [1.82, 2.24) is 4.98 Å². The molecule has 0 aliphatic rings. The molecule has 3 aromatic rings. The summed E-state index contributed by atoms with van der Waals surface area (Å²) in [6.07, 6.45) is 2.40. The van der Waals surface area contributed by atoms with Crippen LogP contribution in [0.2, 0.25) is 0 Å². The summed E-state index contributed by atoms with van der Waals surface area (Å²) >= 11 is 0. The van der Waals surface area contributed by atoms with Crippen LogP contribution in [0.5, 0.6) is 0 Å². The highest BCUT2D eigenvalue weighted by atomic mass is 32.2. The number of halogens is 5. The van der Waals surface area contributed by atoms with Gasteiger partial charge >= 0.3 is 0 Å². The summed E-state index contributed by atoms with van der Waals surface area (Å²) in [5.41, 5.74) is -0.898. The quantitative estimate of drug-likeness (QED) is 0.355. The Labute approximate surface area is 157 Å². The van der Waals surface area contributed by atoms with Crippen LogP contribution in [-0.4, -0.2) is 13.4 Å². The van der Waals surface area contributed by atoms with Gasteiger partial charge in [-0.15, -0.1) is 0 Å². The van der Waals surface area contributed by atoms with Gasteiger partial charge in [0.05, 0.1) is 4.90 Å². The second kappa shape index (κ2) is 7.31. The lowest BCUT2D eigenvalue weighted by Crippen LogP contribution is -2.20. The van der Waals surface area contributed by atoms with Crippen molar-refractivity contribution in [3.05, 3.63) is 94.6 Å². The first-order chi connectivity index (χ1) is 13.1. The van der Waals surface area contributed by atoms with Crippen molar-refractivity contribution in [2.24, 2.45) is 0 Å². The molecule has 3 rings (SSSR count). The summed E-state index contributed by atoms with van der Waals surface area (Å²) in [5.74, 6) is -7.21. The summed E-state index contributed by atoms with van der Waals surface area (Å²) < 4.78 is 96.0. The minimum Gasteiger partial charge on any atom is -0.264 e. The van der Waals surface area contributed by atoms with E-state index in [0.717, 1.165) is 12.3 Å². The largest absolute Gasteiger partial charge is 0.264 e. The fourth-order valence-corrected chi connectivity index (χ4v) is 4.71. The van der Waals surface area contributed by atoms with Gasteiger partial charge < -0.3 is 0 Å². The van der Waals surface area contributed by atoms with E-state index < -0.39 is 54.6 Å². The first kappa shape index (κ1) is 19.9. The second-order valence-electron chi connectivity index (χ2n) is 5.99. The molecule has 1 unspecified atom stereocenters. The van der Waals surface area contributed by atoms with Gasteiger partial charge in [0.15, 0.2) is 33.1 Å². The Balaban J connectivity index is 2.37. The lowest BCUT2D eigenvalue weighted by atomic mass is 10.0. The predicted molar refractivity (Wildman–Crippen MR) is 90.7 cm³/mol. The fourth-order valence-electron chi connectivity index (χ4n) is 2.80. The molecule has 3 nitrogen and oxygen atoms in total. The van der Waals surface area contributed by atoms with E-state index in [2.05, 4.69) is 4.98 Å². The van der Waals surface area contributed by atoms with Crippen LogP contribution in [0.25, 0.3) is 0 Å². The first-order valence-electron chi connectivity index (χ1n) is 7.87. The van der Waals surface area contributed by atoms with Crippen LogP contribution >= 0.6 is 0 Å². The van der Waals surface area contributed by atoms with E-state index in [9.17, 15) is 30.4 Å². The molecule has 9 heteroatoms. The highest BCUT2D eigenvalue weighted by Gasteiger charge is 2.37. The topological polar surface area (TPSA) is 47.0 Å². The first-order valence-corrected chi connectivity index (χ1v) is 9.42. The molecule has 0 bridgehead atoms. The smallest absolute Gasteiger partial charge is 0.189 e. The number of nitrogens with zero attached hydrogens (tertiary/aromatic N) is 1. The van der Waals surface area contributed by atoms with Crippen molar-refractivity contribution in [1.29, 1.82) is 0 Å².